The Kier molecular flexibility index (Phi) is 14.0. The van der Waals surface area contributed by atoms with Crippen LogP contribution in [0.15, 0.2) is 42.5 Å². The molecule has 1 aromatic heterocycles. The number of halogens is 1. The van der Waals surface area contributed by atoms with Crippen molar-refractivity contribution in [2.24, 2.45) is 11.7 Å². The summed E-state index contributed by atoms with van der Waals surface area (Å²) in [5, 5.41) is 13.8. The highest BCUT2D eigenvalue weighted by molar-refractivity contribution is 6.32. The largest absolute Gasteiger partial charge is 0.493 e. The zero-order valence-electron chi connectivity index (χ0n) is 29.0. The van der Waals surface area contributed by atoms with Crippen molar-refractivity contribution >= 4 is 35.2 Å². The van der Waals surface area contributed by atoms with Gasteiger partial charge in [-0.3, -0.25) is 24.1 Å². The Morgan fingerprint density at radius 3 is 2.50 bits per heavy atom. The molecule has 0 saturated carbocycles. The number of methoxy groups -OCH3 is 1. The van der Waals surface area contributed by atoms with E-state index in [4.69, 9.17) is 26.8 Å². The van der Waals surface area contributed by atoms with Gasteiger partial charge in [-0.2, -0.15) is 5.10 Å². The molecule has 14 nitrogen and oxygen atoms in total. The average Bonchev–Trinajstić information content (AvgIpc) is 3.42. The number of fused-ring (bicyclic) bond motifs is 1. The van der Waals surface area contributed by atoms with Crippen molar-refractivity contribution in [3.8, 4) is 11.5 Å². The normalized spacial score (nSPS) is 18.6. The average molecular weight is 711 g/mol. The van der Waals surface area contributed by atoms with Gasteiger partial charge in [0.1, 0.15) is 18.4 Å². The van der Waals surface area contributed by atoms with Crippen molar-refractivity contribution in [3.63, 3.8) is 0 Å². The van der Waals surface area contributed by atoms with Gasteiger partial charge >= 0.3 is 0 Å². The number of nitrogens with zero attached hydrogens (tertiary/aromatic N) is 4. The van der Waals surface area contributed by atoms with Gasteiger partial charge in [0.2, 0.25) is 17.7 Å². The number of ether oxygens (including phenoxy) is 2. The predicted molar refractivity (Wildman–Crippen MR) is 187 cm³/mol. The monoisotopic (exact) mass is 710 g/mol. The lowest BCUT2D eigenvalue weighted by molar-refractivity contribution is -0.129. The number of carbonyl (C=O) groups is 4. The molecular weight excluding hydrogens is 664 g/mol. The van der Waals surface area contributed by atoms with Crippen LogP contribution in [0.4, 0.5) is 0 Å². The fourth-order valence-electron chi connectivity index (χ4n) is 5.79. The van der Waals surface area contributed by atoms with Gasteiger partial charge in [-0.15, -0.1) is 0 Å². The second-order valence-electron chi connectivity index (χ2n) is 12.7. The van der Waals surface area contributed by atoms with Crippen LogP contribution in [0.25, 0.3) is 0 Å². The summed E-state index contributed by atoms with van der Waals surface area (Å²) in [7, 11) is 1.47. The Labute approximate surface area is 297 Å². The van der Waals surface area contributed by atoms with Gasteiger partial charge in [0.25, 0.3) is 5.91 Å². The molecule has 2 heterocycles. The minimum Gasteiger partial charge on any atom is -0.493 e. The Morgan fingerprint density at radius 1 is 1.06 bits per heavy atom. The quantitative estimate of drug-likeness (QED) is 0.259. The van der Waals surface area contributed by atoms with E-state index in [1.807, 2.05) is 44.2 Å². The zero-order chi connectivity index (χ0) is 36.2. The van der Waals surface area contributed by atoms with Crippen molar-refractivity contribution in [1.82, 2.24) is 35.6 Å². The number of amides is 4. The van der Waals surface area contributed by atoms with E-state index < -0.39 is 18.0 Å². The summed E-state index contributed by atoms with van der Waals surface area (Å²) in [6, 6.07) is 11.6. The van der Waals surface area contributed by atoms with Crippen LogP contribution in [0, 0.1) is 12.8 Å². The second-order valence-corrected chi connectivity index (χ2v) is 13.1. The fourth-order valence-corrected chi connectivity index (χ4v) is 6.08. The van der Waals surface area contributed by atoms with Gasteiger partial charge in [-0.05, 0) is 55.5 Å². The van der Waals surface area contributed by atoms with Gasteiger partial charge in [-0.1, -0.05) is 55.8 Å². The van der Waals surface area contributed by atoms with Crippen LogP contribution in [0.1, 0.15) is 61.9 Å². The highest BCUT2D eigenvalue weighted by Crippen LogP contribution is 2.36. The first-order valence-corrected chi connectivity index (χ1v) is 17.1. The SMILES string of the molecule is COc1cc(CN2CCCNC(=O)Cn3nc(C)nc3[C@H](C(C)C)NC(=O)[C@@H](Cc3ccccc3)NC(=O)CCC2)cc(Cl)c1OCC(N)=O. The molecule has 0 saturated heterocycles. The van der Waals surface area contributed by atoms with Crippen LogP contribution < -0.4 is 31.2 Å². The number of hydrogen-bond donors (Lipinski definition) is 4. The first-order valence-electron chi connectivity index (χ1n) is 16.7. The van der Waals surface area contributed by atoms with Crippen LogP contribution in [-0.4, -0.2) is 82.7 Å². The molecule has 15 heteroatoms. The minimum absolute atomic E-state index is 0.0639. The molecule has 0 unspecified atom stereocenters. The van der Waals surface area contributed by atoms with Crippen molar-refractivity contribution < 1.29 is 28.7 Å². The summed E-state index contributed by atoms with van der Waals surface area (Å²) in [4.78, 5) is 58.3. The van der Waals surface area contributed by atoms with Crippen LogP contribution in [-0.2, 0) is 38.7 Å². The Morgan fingerprint density at radius 2 is 1.80 bits per heavy atom. The molecule has 4 amide bonds. The molecule has 0 spiro atoms. The van der Waals surface area contributed by atoms with Crippen molar-refractivity contribution in [2.75, 3.05) is 33.4 Å². The van der Waals surface area contributed by atoms with E-state index in [0.29, 0.717) is 62.8 Å². The lowest BCUT2D eigenvalue weighted by atomic mass is 10.0. The van der Waals surface area contributed by atoms with E-state index in [-0.39, 0.29) is 54.0 Å². The molecule has 2 aromatic carbocycles. The summed E-state index contributed by atoms with van der Waals surface area (Å²) in [6.45, 7) is 7.26. The Hall–Kier alpha value is -4.69. The third-order valence-electron chi connectivity index (χ3n) is 8.18. The minimum atomic E-state index is -0.841. The fraction of sp³-hybridized carbons (Fsp3) is 0.486. The van der Waals surface area contributed by atoms with Crippen molar-refractivity contribution in [3.05, 3.63) is 70.3 Å². The molecule has 5 N–H and O–H groups in total. The number of nitrogens with one attached hydrogen (secondary N) is 3. The molecule has 3 aromatic rings. The Bertz CT molecular complexity index is 1630. The molecule has 1 aliphatic heterocycles. The third-order valence-corrected chi connectivity index (χ3v) is 8.46. The number of carbonyl (C=O) groups excluding carboxylic acids is 4. The predicted octanol–water partition coefficient (Wildman–Crippen LogP) is 2.46. The van der Waals surface area contributed by atoms with E-state index in [2.05, 4.69) is 30.9 Å². The van der Waals surface area contributed by atoms with Crippen molar-refractivity contribution in [2.45, 2.75) is 71.6 Å². The van der Waals surface area contributed by atoms with E-state index in [0.717, 1.165) is 11.1 Å². The molecule has 50 heavy (non-hydrogen) atoms. The molecule has 1 aliphatic rings. The second kappa shape index (κ2) is 18.3. The number of aryl methyl sites for hydroxylation is 1. The van der Waals surface area contributed by atoms with Gasteiger partial charge < -0.3 is 31.2 Å². The summed E-state index contributed by atoms with van der Waals surface area (Å²) < 4.78 is 12.5. The molecule has 0 aliphatic carbocycles. The number of benzene rings is 2. The van der Waals surface area contributed by atoms with E-state index >= 15 is 0 Å². The van der Waals surface area contributed by atoms with Gasteiger partial charge in [0.05, 0.1) is 18.2 Å². The van der Waals surface area contributed by atoms with Crippen LogP contribution in [0.5, 0.6) is 11.5 Å². The van der Waals surface area contributed by atoms with Crippen LogP contribution >= 0.6 is 11.6 Å². The molecule has 2 atom stereocenters. The van der Waals surface area contributed by atoms with Gasteiger partial charge in [0.15, 0.2) is 23.9 Å². The molecule has 270 valence electrons. The number of rotatable bonds is 9. The summed E-state index contributed by atoms with van der Waals surface area (Å²) in [5.41, 5.74) is 6.95. The number of nitrogens with two attached hydrogens (primary N) is 1. The lowest BCUT2D eigenvalue weighted by Gasteiger charge is -2.26. The standard InChI is InChI=1S/C35H47ClN8O6/c1-22(2)32-34-39-23(3)42-44(34)20-31(47)38-13-9-15-43(19-25-16-26(36)33(28(18-25)49-4)50-21-29(37)45)14-8-12-30(46)40-27(35(48)41-32)17-24-10-6-5-7-11-24/h5-7,10-11,16,18,22,27,32H,8-9,12-15,17,19-21H2,1-4H3,(H2,37,45)(H,38,47)(H,40,46)(H,41,48)/t27-,32+/m1/s1. The van der Waals surface area contributed by atoms with Gasteiger partial charge in [0, 0.05) is 32.5 Å². The maximum Gasteiger partial charge on any atom is 0.255 e. The first-order chi connectivity index (χ1) is 23.9. The molecule has 0 bridgehead atoms. The number of aromatic nitrogens is 3. The highest BCUT2D eigenvalue weighted by Gasteiger charge is 2.30. The van der Waals surface area contributed by atoms with Gasteiger partial charge in [-0.25, -0.2) is 9.67 Å². The van der Waals surface area contributed by atoms with Crippen LogP contribution in [0.2, 0.25) is 5.02 Å². The molecule has 0 radical (unpaired) electrons. The Balaban J connectivity index is 1.57. The zero-order valence-corrected chi connectivity index (χ0v) is 29.8. The maximum atomic E-state index is 13.9. The topological polar surface area (TPSA) is 183 Å². The van der Waals surface area contributed by atoms with E-state index in [1.165, 1.54) is 11.8 Å². The lowest BCUT2D eigenvalue weighted by Crippen LogP contribution is -2.50. The number of primary amides is 1. The van der Waals surface area contributed by atoms with E-state index in [1.54, 1.807) is 19.1 Å². The molecule has 4 rings (SSSR count). The first kappa shape index (κ1) is 38.1. The maximum absolute atomic E-state index is 13.9. The summed E-state index contributed by atoms with van der Waals surface area (Å²) >= 11 is 6.51. The molecular formula is C35H47ClN8O6. The van der Waals surface area contributed by atoms with E-state index in [9.17, 15) is 19.2 Å². The highest BCUT2D eigenvalue weighted by atomic mass is 35.5. The summed E-state index contributed by atoms with van der Waals surface area (Å²) in [6.07, 6.45) is 1.64. The van der Waals surface area contributed by atoms with Crippen molar-refractivity contribution in [1.29, 1.82) is 0 Å². The smallest absolute Gasteiger partial charge is 0.255 e. The summed E-state index contributed by atoms with van der Waals surface area (Å²) in [5.74, 6) is -0.0226. The third kappa shape index (κ3) is 11.2. The molecule has 0 fully saturated rings. The number of hydrogen-bond acceptors (Lipinski definition) is 9. The van der Waals surface area contributed by atoms with Crippen LogP contribution in [0.3, 0.4) is 0 Å².